The van der Waals surface area contributed by atoms with Crippen LogP contribution in [0.3, 0.4) is 0 Å². The van der Waals surface area contributed by atoms with Gasteiger partial charge in [0.1, 0.15) is 5.54 Å². The van der Waals surface area contributed by atoms with E-state index in [4.69, 9.17) is 10.5 Å². The highest BCUT2D eigenvalue weighted by Crippen LogP contribution is 2.31. The van der Waals surface area contributed by atoms with Gasteiger partial charge in [-0.15, -0.1) is 12.4 Å². The van der Waals surface area contributed by atoms with Crippen molar-refractivity contribution in [1.82, 2.24) is 10.2 Å². The molecule has 3 rings (SSSR count). The fraction of sp³-hybridized carbons (Fsp3) is 0.750. The molecule has 1 aromatic heterocycles. The number of anilines is 1. The fourth-order valence-corrected chi connectivity index (χ4v) is 3.40. The molecule has 0 aromatic carbocycles. The van der Waals surface area contributed by atoms with E-state index in [-0.39, 0.29) is 18.3 Å². The van der Waals surface area contributed by atoms with E-state index in [9.17, 15) is 4.79 Å². The summed E-state index contributed by atoms with van der Waals surface area (Å²) in [6.07, 6.45) is 8.71. The van der Waals surface area contributed by atoms with E-state index in [0.717, 1.165) is 5.69 Å². The molecule has 6 nitrogen and oxygen atoms in total. The number of carbonyl (C=O) groups is 1. The molecule has 0 radical (unpaired) electrons. The van der Waals surface area contributed by atoms with Crippen LogP contribution in [0, 0.1) is 0 Å². The third-order valence-corrected chi connectivity index (χ3v) is 4.97. The summed E-state index contributed by atoms with van der Waals surface area (Å²) in [5.74, 6) is 0.964. The molecule has 23 heavy (non-hydrogen) atoms. The van der Waals surface area contributed by atoms with Crippen LogP contribution >= 0.6 is 12.4 Å². The molecule has 1 amide bonds. The van der Waals surface area contributed by atoms with Crippen LogP contribution in [-0.4, -0.2) is 34.9 Å². The maximum absolute atomic E-state index is 12.4. The summed E-state index contributed by atoms with van der Waals surface area (Å²) >= 11 is 0. The normalized spacial score (nSPS) is 22.0. The average Bonchev–Trinajstić information content (AvgIpc) is 2.81. The number of hydrogen-bond acceptors (Lipinski definition) is 4. The summed E-state index contributed by atoms with van der Waals surface area (Å²) in [5, 5.41) is 10.2. The molecule has 1 aromatic rings. The smallest absolute Gasteiger partial charge is 0.245 e. The first-order valence-corrected chi connectivity index (χ1v) is 8.41. The highest BCUT2D eigenvalue weighted by molar-refractivity contribution is 5.97. The van der Waals surface area contributed by atoms with Gasteiger partial charge in [0.15, 0.2) is 5.82 Å². The van der Waals surface area contributed by atoms with Crippen molar-refractivity contribution in [1.29, 1.82) is 0 Å². The first-order chi connectivity index (χ1) is 10.7. The number of aromatic nitrogens is 2. The van der Waals surface area contributed by atoms with Gasteiger partial charge in [-0.25, -0.2) is 0 Å². The number of ether oxygens (including phenoxy) is 1. The Morgan fingerprint density at radius 2 is 1.91 bits per heavy atom. The van der Waals surface area contributed by atoms with E-state index in [1.807, 2.05) is 6.07 Å². The number of hydrogen-bond donors (Lipinski definition) is 3. The topological polar surface area (TPSA) is 93.0 Å². The summed E-state index contributed by atoms with van der Waals surface area (Å²) in [6.45, 7) is 1.08. The van der Waals surface area contributed by atoms with Gasteiger partial charge < -0.3 is 15.8 Å². The second-order valence-electron chi connectivity index (χ2n) is 6.62. The molecule has 0 spiro atoms. The minimum absolute atomic E-state index is 0. The van der Waals surface area contributed by atoms with Crippen LogP contribution in [0.5, 0.6) is 0 Å². The largest absolute Gasteiger partial charge is 0.381 e. The Bertz CT molecular complexity index is 506. The molecule has 1 saturated heterocycles. The lowest BCUT2D eigenvalue weighted by Crippen LogP contribution is -2.54. The SMILES string of the molecule is Cl.NC1(C(=O)Nc2cc(C3CCCCCC3)[nH]n2)CCOCC1. The van der Waals surface area contributed by atoms with Gasteiger partial charge in [-0.1, -0.05) is 25.7 Å². The third-order valence-electron chi connectivity index (χ3n) is 4.97. The number of halogens is 1. The highest BCUT2D eigenvalue weighted by Gasteiger charge is 2.36. The third kappa shape index (κ3) is 4.46. The number of rotatable bonds is 3. The molecule has 1 saturated carbocycles. The number of nitrogens with one attached hydrogen (secondary N) is 2. The number of amides is 1. The van der Waals surface area contributed by atoms with Gasteiger partial charge in [-0.2, -0.15) is 5.10 Å². The monoisotopic (exact) mass is 342 g/mol. The summed E-state index contributed by atoms with van der Waals surface area (Å²) in [7, 11) is 0. The van der Waals surface area contributed by atoms with Crippen LogP contribution in [0.1, 0.15) is 63.0 Å². The van der Waals surface area contributed by atoms with Crippen molar-refractivity contribution in [2.45, 2.75) is 62.8 Å². The highest BCUT2D eigenvalue weighted by atomic mass is 35.5. The molecule has 2 heterocycles. The van der Waals surface area contributed by atoms with Crippen LogP contribution < -0.4 is 11.1 Å². The first-order valence-electron chi connectivity index (χ1n) is 8.41. The molecule has 0 atom stereocenters. The Balaban J connectivity index is 0.00000192. The van der Waals surface area contributed by atoms with Gasteiger partial charge in [0.25, 0.3) is 0 Å². The number of nitrogens with two attached hydrogens (primary N) is 1. The Labute approximate surface area is 143 Å². The minimum Gasteiger partial charge on any atom is -0.381 e. The second kappa shape index (κ2) is 8.13. The molecule has 0 bridgehead atoms. The van der Waals surface area contributed by atoms with Crippen LogP contribution in [0.15, 0.2) is 6.07 Å². The lowest BCUT2D eigenvalue weighted by atomic mass is 9.90. The van der Waals surface area contributed by atoms with E-state index >= 15 is 0 Å². The molecule has 2 fully saturated rings. The van der Waals surface area contributed by atoms with E-state index in [0.29, 0.717) is 37.8 Å². The predicted molar refractivity (Wildman–Crippen MR) is 91.9 cm³/mol. The molecular weight excluding hydrogens is 316 g/mol. The number of nitrogens with zero attached hydrogens (tertiary/aromatic N) is 1. The Hall–Kier alpha value is -1.11. The van der Waals surface area contributed by atoms with Crippen molar-refractivity contribution in [2.24, 2.45) is 5.73 Å². The maximum atomic E-state index is 12.4. The molecule has 1 aliphatic heterocycles. The lowest BCUT2D eigenvalue weighted by Gasteiger charge is -2.31. The first kappa shape index (κ1) is 18.2. The number of carbonyl (C=O) groups excluding carboxylic acids is 1. The zero-order valence-electron chi connectivity index (χ0n) is 13.5. The Kier molecular flexibility index (Phi) is 6.44. The molecule has 1 aliphatic carbocycles. The van der Waals surface area contributed by atoms with Gasteiger partial charge in [-0.05, 0) is 25.7 Å². The molecule has 7 heteroatoms. The average molecular weight is 343 g/mol. The van der Waals surface area contributed by atoms with Gasteiger partial charge in [0.05, 0.1) is 0 Å². The molecule has 0 unspecified atom stereocenters. The summed E-state index contributed by atoms with van der Waals surface area (Å²) in [5.41, 5.74) is 6.49. The van der Waals surface area contributed by atoms with Crippen molar-refractivity contribution >= 4 is 24.1 Å². The second-order valence-corrected chi connectivity index (χ2v) is 6.62. The maximum Gasteiger partial charge on any atom is 0.245 e. The summed E-state index contributed by atoms with van der Waals surface area (Å²) in [6, 6.07) is 1.97. The van der Waals surface area contributed by atoms with Crippen LogP contribution in [-0.2, 0) is 9.53 Å². The van der Waals surface area contributed by atoms with Crippen molar-refractivity contribution in [3.8, 4) is 0 Å². The standard InChI is InChI=1S/C16H26N4O2.ClH/c17-16(7-9-22-10-8-16)15(21)18-14-11-13(19-20-14)12-5-3-1-2-4-6-12;/h11-12H,1-10,17H2,(H2,18,19,20,21);1H. The molecule has 130 valence electrons. The lowest BCUT2D eigenvalue weighted by molar-refractivity contribution is -0.124. The van der Waals surface area contributed by atoms with Gasteiger partial charge in [0.2, 0.25) is 5.91 Å². The molecule has 4 N–H and O–H groups in total. The number of aromatic amines is 1. The fourth-order valence-electron chi connectivity index (χ4n) is 3.40. The summed E-state index contributed by atoms with van der Waals surface area (Å²) < 4.78 is 5.28. The number of H-pyrrole nitrogens is 1. The Morgan fingerprint density at radius 3 is 2.57 bits per heavy atom. The quantitative estimate of drug-likeness (QED) is 0.736. The van der Waals surface area contributed by atoms with E-state index < -0.39 is 5.54 Å². The van der Waals surface area contributed by atoms with E-state index in [2.05, 4.69) is 15.5 Å². The van der Waals surface area contributed by atoms with Crippen LogP contribution in [0.25, 0.3) is 0 Å². The Morgan fingerprint density at radius 1 is 1.26 bits per heavy atom. The van der Waals surface area contributed by atoms with Crippen molar-refractivity contribution < 1.29 is 9.53 Å². The van der Waals surface area contributed by atoms with Crippen LogP contribution in [0.2, 0.25) is 0 Å². The summed E-state index contributed by atoms with van der Waals surface area (Å²) in [4.78, 5) is 12.4. The van der Waals surface area contributed by atoms with Crippen LogP contribution in [0.4, 0.5) is 5.82 Å². The zero-order chi connectivity index (χ0) is 15.4. The van der Waals surface area contributed by atoms with Gasteiger partial charge in [-0.3, -0.25) is 9.89 Å². The van der Waals surface area contributed by atoms with E-state index in [1.54, 1.807) is 0 Å². The van der Waals surface area contributed by atoms with Crippen molar-refractivity contribution in [3.63, 3.8) is 0 Å². The van der Waals surface area contributed by atoms with Crippen molar-refractivity contribution in [2.75, 3.05) is 18.5 Å². The predicted octanol–water partition coefficient (Wildman–Crippen LogP) is 2.72. The zero-order valence-corrected chi connectivity index (χ0v) is 14.3. The van der Waals surface area contributed by atoms with Gasteiger partial charge in [0, 0.05) is 30.9 Å². The molecular formula is C16H27ClN4O2. The molecule has 2 aliphatic rings. The van der Waals surface area contributed by atoms with E-state index in [1.165, 1.54) is 38.5 Å². The van der Waals surface area contributed by atoms with Crippen molar-refractivity contribution in [3.05, 3.63) is 11.8 Å². The minimum atomic E-state index is -0.834. The van der Waals surface area contributed by atoms with Gasteiger partial charge >= 0.3 is 0 Å².